The lowest BCUT2D eigenvalue weighted by Crippen LogP contribution is -2.38. The van der Waals surface area contributed by atoms with Crippen molar-refractivity contribution >= 4 is 38.7 Å². The highest BCUT2D eigenvalue weighted by Gasteiger charge is 2.34. The van der Waals surface area contributed by atoms with E-state index in [-0.39, 0.29) is 15.7 Å². The molecular weight excluding hydrogens is 458 g/mol. The van der Waals surface area contributed by atoms with Gasteiger partial charge in [-0.1, -0.05) is 23.5 Å². The van der Waals surface area contributed by atoms with Gasteiger partial charge in [0, 0.05) is 19.0 Å². The fourth-order valence-electron chi connectivity index (χ4n) is 3.55. The summed E-state index contributed by atoms with van der Waals surface area (Å²) < 4.78 is 37.7. The molecule has 0 aliphatic carbocycles. The second-order valence-electron chi connectivity index (χ2n) is 6.93. The lowest BCUT2D eigenvalue weighted by molar-refractivity contribution is 0.0602. The number of ether oxygens (including phenoxy) is 2. The molecule has 1 fully saturated rings. The number of thiophene rings is 1. The highest BCUT2D eigenvalue weighted by atomic mass is 32.2. The predicted octanol–water partition coefficient (Wildman–Crippen LogP) is 3.63. The number of benzene rings is 1. The molecule has 2 aromatic heterocycles. The molecule has 0 bridgehead atoms. The van der Waals surface area contributed by atoms with Gasteiger partial charge in [-0.15, -0.1) is 21.5 Å². The molecular formula is C20H21N3O5S3. The van der Waals surface area contributed by atoms with Crippen LogP contribution in [0, 0.1) is 0 Å². The first-order valence-corrected chi connectivity index (χ1v) is 12.7. The van der Waals surface area contributed by atoms with Gasteiger partial charge >= 0.3 is 5.97 Å². The number of para-hydroxylation sites is 1. The second-order valence-corrected chi connectivity index (χ2v) is 10.8. The number of hydrogen-bond acceptors (Lipinski definition) is 9. The van der Waals surface area contributed by atoms with Gasteiger partial charge in [0.1, 0.15) is 20.5 Å². The van der Waals surface area contributed by atoms with E-state index < -0.39 is 16.0 Å². The highest BCUT2D eigenvalue weighted by Crippen LogP contribution is 2.38. The number of rotatable bonds is 6. The second kappa shape index (κ2) is 9.03. The summed E-state index contributed by atoms with van der Waals surface area (Å²) in [4.78, 5) is 12.0. The minimum Gasteiger partial charge on any atom is -0.496 e. The number of hydrogen-bond donors (Lipinski definition) is 0. The molecule has 8 nitrogen and oxygen atoms in total. The average molecular weight is 480 g/mol. The zero-order chi connectivity index (χ0) is 22.0. The molecule has 0 amide bonds. The molecule has 0 radical (unpaired) electrons. The van der Waals surface area contributed by atoms with Gasteiger partial charge in [0.15, 0.2) is 5.01 Å². The third-order valence-corrected chi connectivity index (χ3v) is 9.28. The fourth-order valence-corrected chi connectivity index (χ4v) is 7.37. The Morgan fingerprint density at radius 1 is 1.13 bits per heavy atom. The van der Waals surface area contributed by atoms with Crippen LogP contribution in [-0.4, -0.2) is 56.2 Å². The number of esters is 1. The summed E-state index contributed by atoms with van der Waals surface area (Å²) in [5, 5.41) is 12.0. The summed E-state index contributed by atoms with van der Waals surface area (Å²) in [6.45, 7) is 0.708. The number of aromatic nitrogens is 2. The van der Waals surface area contributed by atoms with Crippen LogP contribution in [0.5, 0.6) is 5.75 Å². The number of carbonyl (C=O) groups is 1. The van der Waals surface area contributed by atoms with Gasteiger partial charge in [0.05, 0.1) is 19.8 Å². The van der Waals surface area contributed by atoms with Crippen molar-refractivity contribution in [2.24, 2.45) is 0 Å². The molecule has 4 rings (SSSR count). The number of carbonyl (C=O) groups excluding carboxylic acids is 1. The van der Waals surface area contributed by atoms with Gasteiger partial charge in [-0.3, -0.25) is 0 Å². The Morgan fingerprint density at radius 2 is 1.87 bits per heavy atom. The lowest BCUT2D eigenvalue weighted by atomic mass is 9.99. The number of nitrogens with zero attached hydrogens (tertiary/aromatic N) is 3. The summed E-state index contributed by atoms with van der Waals surface area (Å²) >= 11 is 2.58. The van der Waals surface area contributed by atoms with Crippen LogP contribution in [0.2, 0.25) is 0 Å². The normalized spacial score (nSPS) is 15.7. The molecule has 0 saturated carbocycles. The zero-order valence-electron chi connectivity index (χ0n) is 17.0. The van der Waals surface area contributed by atoms with Crippen LogP contribution >= 0.6 is 22.7 Å². The molecule has 3 heterocycles. The Labute approximate surface area is 188 Å². The molecule has 0 N–H and O–H groups in total. The molecule has 1 aromatic carbocycles. The van der Waals surface area contributed by atoms with Crippen LogP contribution in [-0.2, 0) is 14.8 Å². The molecule has 164 valence electrons. The van der Waals surface area contributed by atoms with E-state index in [1.807, 2.05) is 24.3 Å². The van der Waals surface area contributed by atoms with E-state index >= 15 is 0 Å². The highest BCUT2D eigenvalue weighted by molar-refractivity contribution is 7.89. The smallest absolute Gasteiger partial charge is 0.349 e. The first-order chi connectivity index (χ1) is 15.0. The largest absolute Gasteiger partial charge is 0.496 e. The summed E-state index contributed by atoms with van der Waals surface area (Å²) in [6, 6.07) is 9.11. The Kier molecular flexibility index (Phi) is 6.37. The van der Waals surface area contributed by atoms with E-state index in [0.717, 1.165) is 32.7 Å². The molecule has 1 saturated heterocycles. The zero-order valence-corrected chi connectivity index (χ0v) is 19.4. The van der Waals surface area contributed by atoms with Crippen molar-refractivity contribution in [3.8, 4) is 16.3 Å². The van der Waals surface area contributed by atoms with E-state index in [1.165, 1.54) is 28.8 Å². The van der Waals surface area contributed by atoms with Crippen molar-refractivity contribution in [2.45, 2.75) is 23.7 Å². The molecule has 0 atom stereocenters. The average Bonchev–Trinajstić information content (AvgIpc) is 3.49. The van der Waals surface area contributed by atoms with E-state index in [2.05, 4.69) is 10.2 Å². The number of piperidine rings is 1. The van der Waals surface area contributed by atoms with Crippen molar-refractivity contribution in [2.75, 3.05) is 27.3 Å². The Morgan fingerprint density at radius 3 is 2.58 bits per heavy atom. The first kappa shape index (κ1) is 21.9. The number of sulfonamides is 1. The maximum atomic E-state index is 13.1. The molecule has 31 heavy (non-hydrogen) atoms. The monoisotopic (exact) mass is 479 g/mol. The van der Waals surface area contributed by atoms with Gasteiger partial charge in [0.25, 0.3) is 0 Å². The number of methoxy groups -OCH3 is 2. The standard InChI is InChI=1S/C20H21N3O5S3/c1-27-15-6-4-3-5-14(15)19-22-21-18(30-19)13-7-10-23(11-8-13)31(25,26)16-9-12-29-17(16)20(24)28-2/h3-6,9,12-13H,7-8,10-11H2,1-2H3. The van der Waals surface area contributed by atoms with Crippen molar-refractivity contribution in [3.05, 3.63) is 45.6 Å². The topological polar surface area (TPSA) is 98.7 Å². The van der Waals surface area contributed by atoms with Crippen molar-refractivity contribution in [1.82, 2.24) is 14.5 Å². The van der Waals surface area contributed by atoms with Gasteiger partial charge in [0.2, 0.25) is 10.0 Å². The van der Waals surface area contributed by atoms with Gasteiger partial charge in [-0.2, -0.15) is 4.31 Å². The Balaban J connectivity index is 1.48. The first-order valence-electron chi connectivity index (χ1n) is 9.58. The maximum absolute atomic E-state index is 13.1. The summed E-state index contributed by atoms with van der Waals surface area (Å²) in [7, 11) is -0.901. The van der Waals surface area contributed by atoms with Crippen LogP contribution in [0.25, 0.3) is 10.6 Å². The summed E-state index contributed by atoms with van der Waals surface area (Å²) in [5.74, 6) is 0.236. The van der Waals surface area contributed by atoms with Crippen molar-refractivity contribution in [1.29, 1.82) is 0 Å². The van der Waals surface area contributed by atoms with Crippen LogP contribution in [0.15, 0.2) is 40.6 Å². The quantitative estimate of drug-likeness (QED) is 0.498. The van der Waals surface area contributed by atoms with Crippen LogP contribution < -0.4 is 4.74 Å². The molecule has 3 aromatic rings. The minimum atomic E-state index is -3.76. The van der Waals surface area contributed by atoms with E-state index in [1.54, 1.807) is 12.5 Å². The predicted molar refractivity (Wildman–Crippen MR) is 118 cm³/mol. The van der Waals surface area contributed by atoms with Gasteiger partial charge in [-0.25, -0.2) is 13.2 Å². The Hall–Kier alpha value is -2.34. The van der Waals surface area contributed by atoms with Crippen LogP contribution in [0.3, 0.4) is 0 Å². The maximum Gasteiger partial charge on any atom is 0.349 e. The van der Waals surface area contributed by atoms with Crippen molar-refractivity contribution < 1.29 is 22.7 Å². The van der Waals surface area contributed by atoms with E-state index in [0.29, 0.717) is 25.9 Å². The third kappa shape index (κ3) is 4.22. The fraction of sp³-hybridized carbons (Fsp3) is 0.350. The molecule has 0 unspecified atom stereocenters. The summed E-state index contributed by atoms with van der Waals surface area (Å²) in [5.41, 5.74) is 0.890. The van der Waals surface area contributed by atoms with Crippen LogP contribution in [0.4, 0.5) is 0 Å². The Bertz CT molecular complexity index is 1180. The lowest BCUT2D eigenvalue weighted by Gasteiger charge is -2.30. The van der Waals surface area contributed by atoms with E-state index in [4.69, 9.17) is 9.47 Å². The third-order valence-electron chi connectivity index (χ3n) is 5.20. The van der Waals surface area contributed by atoms with Gasteiger partial charge < -0.3 is 9.47 Å². The molecule has 11 heteroatoms. The summed E-state index contributed by atoms with van der Waals surface area (Å²) in [6.07, 6.45) is 1.27. The molecule has 1 aliphatic rings. The van der Waals surface area contributed by atoms with E-state index in [9.17, 15) is 13.2 Å². The SMILES string of the molecule is COC(=O)c1sccc1S(=O)(=O)N1CCC(c2nnc(-c3ccccc3OC)s2)CC1. The van der Waals surface area contributed by atoms with Crippen LogP contribution in [0.1, 0.15) is 33.4 Å². The van der Waals surface area contributed by atoms with Gasteiger partial charge in [-0.05, 0) is 36.4 Å². The van der Waals surface area contributed by atoms with Crippen molar-refractivity contribution in [3.63, 3.8) is 0 Å². The minimum absolute atomic E-state index is 0.0113. The molecule has 1 aliphatic heterocycles. The molecule has 0 spiro atoms.